The van der Waals surface area contributed by atoms with Gasteiger partial charge in [-0.1, -0.05) is 5.92 Å². The van der Waals surface area contributed by atoms with Gasteiger partial charge in [-0.2, -0.15) is 0 Å². The zero-order valence-electron chi connectivity index (χ0n) is 11.9. The number of amides is 1. The third-order valence-corrected chi connectivity index (χ3v) is 2.79. The molecule has 104 valence electrons. The molecule has 1 aromatic heterocycles. The number of rotatable bonds is 4. The standard InChI is InChI=1S/C16H18N2O2/c1-4-5-16(19)18-10-12-9-17-15-7-6-13(8-14(12)15)20-11(2)3/h6-9,11,17H,10H2,1-3H3,(H,18,19). The molecule has 0 saturated carbocycles. The highest BCUT2D eigenvalue weighted by Gasteiger charge is 2.07. The van der Waals surface area contributed by atoms with E-state index in [1.165, 1.54) is 0 Å². The van der Waals surface area contributed by atoms with Crippen molar-refractivity contribution < 1.29 is 9.53 Å². The lowest BCUT2D eigenvalue weighted by atomic mass is 10.1. The van der Waals surface area contributed by atoms with Gasteiger partial charge in [0, 0.05) is 23.6 Å². The fourth-order valence-corrected chi connectivity index (χ4v) is 1.98. The summed E-state index contributed by atoms with van der Waals surface area (Å²) in [6, 6.07) is 5.90. The summed E-state index contributed by atoms with van der Waals surface area (Å²) >= 11 is 0. The number of fused-ring (bicyclic) bond motifs is 1. The first kappa shape index (κ1) is 14.0. The average molecular weight is 270 g/mol. The number of carbonyl (C=O) groups excluding carboxylic acids is 1. The summed E-state index contributed by atoms with van der Waals surface area (Å²) in [5.41, 5.74) is 2.03. The highest BCUT2D eigenvalue weighted by molar-refractivity contribution is 5.93. The first-order valence-electron chi connectivity index (χ1n) is 6.57. The molecule has 4 nitrogen and oxygen atoms in total. The number of benzene rings is 1. The van der Waals surface area contributed by atoms with Gasteiger partial charge in [-0.25, -0.2) is 0 Å². The first-order chi connectivity index (χ1) is 9.60. The minimum atomic E-state index is -0.267. The Balaban J connectivity index is 2.20. The van der Waals surface area contributed by atoms with Crippen LogP contribution in [-0.4, -0.2) is 17.0 Å². The van der Waals surface area contributed by atoms with Gasteiger partial charge in [0.15, 0.2) is 0 Å². The maximum atomic E-state index is 11.4. The summed E-state index contributed by atoms with van der Waals surface area (Å²) in [5, 5.41) is 3.81. The molecule has 4 heteroatoms. The maximum Gasteiger partial charge on any atom is 0.296 e. The fourth-order valence-electron chi connectivity index (χ4n) is 1.98. The van der Waals surface area contributed by atoms with E-state index in [4.69, 9.17) is 4.74 Å². The molecule has 1 aromatic carbocycles. The molecule has 0 aliphatic carbocycles. The van der Waals surface area contributed by atoms with Crippen LogP contribution in [0.4, 0.5) is 0 Å². The van der Waals surface area contributed by atoms with Gasteiger partial charge >= 0.3 is 0 Å². The van der Waals surface area contributed by atoms with Crippen LogP contribution in [-0.2, 0) is 11.3 Å². The van der Waals surface area contributed by atoms with Crippen molar-refractivity contribution >= 4 is 16.8 Å². The zero-order valence-corrected chi connectivity index (χ0v) is 11.9. The minimum absolute atomic E-state index is 0.134. The molecule has 2 N–H and O–H groups in total. The first-order valence-corrected chi connectivity index (χ1v) is 6.57. The fraction of sp³-hybridized carbons (Fsp3) is 0.312. The van der Waals surface area contributed by atoms with Crippen LogP contribution < -0.4 is 10.1 Å². The molecular weight excluding hydrogens is 252 g/mol. The lowest BCUT2D eigenvalue weighted by Gasteiger charge is -2.09. The molecule has 0 radical (unpaired) electrons. The van der Waals surface area contributed by atoms with E-state index in [0.29, 0.717) is 6.54 Å². The Bertz CT molecular complexity index is 675. The molecule has 2 aromatic rings. The van der Waals surface area contributed by atoms with Crippen LogP contribution in [0.25, 0.3) is 10.9 Å². The number of aromatic amines is 1. The third-order valence-electron chi connectivity index (χ3n) is 2.79. The molecule has 0 spiro atoms. The summed E-state index contributed by atoms with van der Waals surface area (Å²) in [7, 11) is 0. The van der Waals surface area contributed by atoms with Crippen molar-refractivity contribution in [3.8, 4) is 17.6 Å². The molecular formula is C16H18N2O2. The van der Waals surface area contributed by atoms with Crippen LogP contribution in [0, 0.1) is 11.8 Å². The number of ether oxygens (including phenoxy) is 1. The average Bonchev–Trinajstić information content (AvgIpc) is 2.78. The predicted molar refractivity (Wildman–Crippen MR) is 79.4 cm³/mol. The predicted octanol–water partition coefficient (Wildman–Crippen LogP) is 2.59. The smallest absolute Gasteiger partial charge is 0.296 e. The minimum Gasteiger partial charge on any atom is -0.491 e. The Morgan fingerprint density at radius 1 is 1.45 bits per heavy atom. The van der Waals surface area contributed by atoms with Gasteiger partial charge in [0.1, 0.15) is 5.75 Å². The molecule has 0 aliphatic heterocycles. The molecule has 1 amide bonds. The Hall–Kier alpha value is -2.41. The van der Waals surface area contributed by atoms with Gasteiger partial charge in [-0.3, -0.25) is 4.79 Å². The van der Waals surface area contributed by atoms with Gasteiger partial charge in [0.25, 0.3) is 5.91 Å². The van der Waals surface area contributed by atoms with Crippen molar-refractivity contribution in [1.29, 1.82) is 0 Å². The highest BCUT2D eigenvalue weighted by Crippen LogP contribution is 2.24. The molecule has 0 atom stereocenters. The zero-order chi connectivity index (χ0) is 14.5. The molecule has 0 fully saturated rings. The van der Waals surface area contributed by atoms with Gasteiger partial charge < -0.3 is 15.0 Å². The summed E-state index contributed by atoms with van der Waals surface area (Å²) in [5.74, 6) is 5.59. The second kappa shape index (κ2) is 6.16. The maximum absolute atomic E-state index is 11.4. The lowest BCUT2D eigenvalue weighted by molar-refractivity contribution is -0.115. The Morgan fingerprint density at radius 2 is 2.25 bits per heavy atom. The van der Waals surface area contributed by atoms with Crippen LogP contribution in [0.5, 0.6) is 5.75 Å². The second-order valence-corrected chi connectivity index (χ2v) is 4.75. The number of nitrogens with one attached hydrogen (secondary N) is 2. The number of hydrogen-bond acceptors (Lipinski definition) is 2. The molecule has 0 bridgehead atoms. The van der Waals surface area contributed by atoms with Gasteiger partial charge in [-0.05, 0) is 50.5 Å². The van der Waals surface area contributed by atoms with Crippen molar-refractivity contribution in [3.05, 3.63) is 30.0 Å². The summed E-state index contributed by atoms with van der Waals surface area (Å²) in [6.45, 7) is 6.07. The van der Waals surface area contributed by atoms with E-state index in [0.717, 1.165) is 22.2 Å². The Labute approximate surface area is 118 Å². The topological polar surface area (TPSA) is 54.1 Å². The van der Waals surface area contributed by atoms with E-state index in [2.05, 4.69) is 22.1 Å². The van der Waals surface area contributed by atoms with Crippen molar-refractivity contribution in [2.75, 3.05) is 0 Å². The van der Waals surface area contributed by atoms with Gasteiger partial charge in [-0.15, -0.1) is 0 Å². The molecule has 0 unspecified atom stereocenters. The van der Waals surface area contributed by atoms with Crippen LogP contribution in [0.1, 0.15) is 26.3 Å². The van der Waals surface area contributed by atoms with Crippen LogP contribution >= 0.6 is 0 Å². The Kier molecular flexibility index (Phi) is 4.31. The van der Waals surface area contributed by atoms with Crippen LogP contribution in [0.2, 0.25) is 0 Å². The van der Waals surface area contributed by atoms with E-state index in [1.54, 1.807) is 6.92 Å². The van der Waals surface area contributed by atoms with E-state index in [1.807, 2.05) is 38.2 Å². The largest absolute Gasteiger partial charge is 0.491 e. The number of carbonyl (C=O) groups is 1. The molecule has 2 rings (SSSR count). The Morgan fingerprint density at radius 3 is 2.95 bits per heavy atom. The van der Waals surface area contributed by atoms with Crippen molar-refractivity contribution in [2.45, 2.75) is 33.4 Å². The number of H-pyrrole nitrogens is 1. The lowest BCUT2D eigenvalue weighted by Crippen LogP contribution is -2.20. The summed E-state index contributed by atoms with van der Waals surface area (Å²) in [6.07, 6.45) is 2.03. The van der Waals surface area contributed by atoms with Gasteiger partial charge in [0.2, 0.25) is 0 Å². The SMILES string of the molecule is CC#CC(=O)NCc1c[nH]c2ccc(OC(C)C)cc12. The van der Waals surface area contributed by atoms with Crippen LogP contribution in [0.3, 0.4) is 0 Å². The summed E-state index contributed by atoms with van der Waals surface area (Å²) < 4.78 is 5.69. The highest BCUT2D eigenvalue weighted by atomic mass is 16.5. The van der Waals surface area contributed by atoms with Crippen molar-refractivity contribution in [2.24, 2.45) is 0 Å². The monoisotopic (exact) mass is 270 g/mol. The summed E-state index contributed by atoms with van der Waals surface area (Å²) in [4.78, 5) is 14.5. The molecule has 0 saturated heterocycles. The molecule has 0 aliphatic rings. The van der Waals surface area contributed by atoms with Gasteiger partial charge in [0.05, 0.1) is 6.10 Å². The van der Waals surface area contributed by atoms with Crippen LogP contribution in [0.15, 0.2) is 24.4 Å². The third kappa shape index (κ3) is 3.33. The number of hydrogen-bond donors (Lipinski definition) is 2. The van der Waals surface area contributed by atoms with E-state index < -0.39 is 0 Å². The van der Waals surface area contributed by atoms with Crippen molar-refractivity contribution in [1.82, 2.24) is 10.3 Å². The second-order valence-electron chi connectivity index (χ2n) is 4.75. The molecule has 20 heavy (non-hydrogen) atoms. The number of aromatic nitrogens is 1. The molecule has 1 heterocycles. The van der Waals surface area contributed by atoms with E-state index in [9.17, 15) is 4.79 Å². The van der Waals surface area contributed by atoms with E-state index >= 15 is 0 Å². The van der Waals surface area contributed by atoms with E-state index in [-0.39, 0.29) is 12.0 Å². The van der Waals surface area contributed by atoms with Crippen molar-refractivity contribution in [3.63, 3.8) is 0 Å². The normalized spacial score (nSPS) is 10.2. The quantitative estimate of drug-likeness (QED) is 0.839.